The zero-order valence-corrected chi connectivity index (χ0v) is 22.9. The van der Waals surface area contributed by atoms with E-state index in [4.69, 9.17) is 14.2 Å². The van der Waals surface area contributed by atoms with Crippen LogP contribution >= 0.6 is 0 Å². The van der Waals surface area contributed by atoms with Gasteiger partial charge in [0.25, 0.3) is 0 Å². The number of carbonyl (C=O) groups is 1. The number of fused-ring (bicyclic) bond motifs is 2. The molecule has 2 heterocycles. The number of nitrogens with zero attached hydrogens (tertiary/aromatic N) is 2. The van der Waals surface area contributed by atoms with E-state index in [1.807, 2.05) is 30.3 Å². The molecule has 6 rings (SSSR count). The number of ether oxygens (including phenoxy) is 3. The zero-order valence-electron chi connectivity index (χ0n) is 22.9. The van der Waals surface area contributed by atoms with Gasteiger partial charge in [0, 0.05) is 35.2 Å². The van der Waals surface area contributed by atoms with Gasteiger partial charge in [0.05, 0.1) is 23.4 Å². The first kappa shape index (κ1) is 26.6. The quantitative estimate of drug-likeness (QED) is 0.175. The number of aromatic hydroxyl groups is 1. The van der Waals surface area contributed by atoms with E-state index in [0.29, 0.717) is 64.0 Å². The average Bonchev–Trinajstić information content (AvgIpc) is 3.32. The van der Waals surface area contributed by atoms with Gasteiger partial charge in [-0.05, 0) is 66.8 Å². The molecular formula is C32H32N4O5. The van der Waals surface area contributed by atoms with E-state index in [9.17, 15) is 9.90 Å². The minimum absolute atomic E-state index is 0.0416. The largest absolute Gasteiger partial charge is 0.494 e. The number of anilines is 1. The van der Waals surface area contributed by atoms with Crippen LogP contribution < -0.4 is 14.8 Å². The second-order valence-corrected chi connectivity index (χ2v) is 10.3. The molecule has 2 aromatic heterocycles. The van der Waals surface area contributed by atoms with Gasteiger partial charge in [-0.2, -0.15) is 0 Å². The molecule has 1 fully saturated rings. The summed E-state index contributed by atoms with van der Waals surface area (Å²) in [5.74, 6) is 1.56. The second kappa shape index (κ2) is 11.9. The summed E-state index contributed by atoms with van der Waals surface area (Å²) in [6.07, 6.45) is 7.18. The third kappa shape index (κ3) is 5.81. The molecule has 0 unspecified atom stereocenters. The molecule has 1 aliphatic carbocycles. The summed E-state index contributed by atoms with van der Waals surface area (Å²) in [4.78, 5) is 24.6. The van der Waals surface area contributed by atoms with E-state index in [0.717, 1.165) is 5.39 Å². The third-order valence-electron chi connectivity index (χ3n) is 7.60. The number of amides is 1. The lowest BCUT2D eigenvalue weighted by molar-refractivity contribution is 0.146. The summed E-state index contributed by atoms with van der Waals surface area (Å²) in [5.41, 5.74) is 4.37. The topological polar surface area (TPSA) is 119 Å². The van der Waals surface area contributed by atoms with Crippen molar-refractivity contribution < 1.29 is 24.1 Å². The standard InChI is InChI=1S/C32H32N4O5/c1-39-15-16-40-23-11-13-25-28(18-23)33-19-34-30(25)29-26-17-24(12-14-27(26)36-31(29)37)41-32(38)35-22-9-7-21(8-10-22)20-5-3-2-4-6-20/h7-14,17-20,36-37H,2-6,15-16H2,1H3,(H,35,38). The highest BCUT2D eigenvalue weighted by Gasteiger charge is 2.19. The van der Waals surface area contributed by atoms with E-state index in [2.05, 4.69) is 32.4 Å². The highest BCUT2D eigenvalue weighted by molar-refractivity contribution is 6.05. The second-order valence-electron chi connectivity index (χ2n) is 10.3. The lowest BCUT2D eigenvalue weighted by atomic mass is 9.84. The molecule has 9 nitrogen and oxygen atoms in total. The van der Waals surface area contributed by atoms with Gasteiger partial charge < -0.3 is 24.3 Å². The zero-order chi connectivity index (χ0) is 28.2. The first-order valence-electron chi connectivity index (χ1n) is 13.9. The van der Waals surface area contributed by atoms with Crippen LogP contribution in [0.4, 0.5) is 10.5 Å². The van der Waals surface area contributed by atoms with E-state index in [1.54, 1.807) is 25.3 Å². The maximum atomic E-state index is 12.7. The Labute approximate surface area is 237 Å². The van der Waals surface area contributed by atoms with E-state index in [1.165, 1.54) is 44.0 Å². The van der Waals surface area contributed by atoms with Crippen LogP contribution in [0, 0.1) is 0 Å². The van der Waals surface area contributed by atoms with E-state index in [-0.39, 0.29) is 5.88 Å². The molecule has 0 atom stereocenters. The molecule has 3 aromatic carbocycles. The molecule has 1 aliphatic rings. The van der Waals surface area contributed by atoms with Crippen LogP contribution in [0.5, 0.6) is 17.4 Å². The Hall–Kier alpha value is -4.63. The summed E-state index contributed by atoms with van der Waals surface area (Å²) in [6.45, 7) is 0.900. The van der Waals surface area contributed by atoms with Crippen LogP contribution in [-0.4, -0.2) is 46.5 Å². The molecule has 1 saturated carbocycles. The van der Waals surface area contributed by atoms with Crippen LogP contribution in [0.1, 0.15) is 43.6 Å². The molecule has 3 N–H and O–H groups in total. The van der Waals surface area contributed by atoms with Crippen LogP contribution in [0.25, 0.3) is 33.1 Å². The summed E-state index contributed by atoms with van der Waals surface area (Å²) >= 11 is 0. The predicted octanol–water partition coefficient (Wildman–Crippen LogP) is 7.17. The van der Waals surface area contributed by atoms with Crippen molar-refractivity contribution in [2.45, 2.75) is 38.0 Å². The summed E-state index contributed by atoms with van der Waals surface area (Å²) < 4.78 is 16.4. The smallest absolute Gasteiger partial charge is 0.417 e. The lowest BCUT2D eigenvalue weighted by Crippen LogP contribution is -2.16. The molecule has 0 aliphatic heterocycles. The van der Waals surface area contributed by atoms with Crippen molar-refractivity contribution in [1.29, 1.82) is 0 Å². The monoisotopic (exact) mass is 552 g/mol. The van der Waals surface area contributed by atoms with Crippen molar-refractivity contribution in [2.24, 2.45) is 0 Å². The minimum Gasteiger partial charge on any atom is -0.494 e. The number of H-pyrrole nitrogens is 1. The molecule has 5 aromatic rings. The van der Waals surface area contributed by atoms with Gasteiger partial charge in [-0.3, -0.25) is 5.32 Å². The van der Waals surface area contributed by atoms with Crippen molar-refractivity contribution in [2.75, 3.05) is 25.6 Å². The Morgan fingerprint density at radius 2 is 1.76 bits per heavy atom. The third-order valence-corrected chi connectivity index (χ3v) is 7.60. The SMILES string of the molecule is COCCOc1ccc2c(-c3c(O)[nH]c4ccc(OC(=O)Nc5ccc(C6CCCCC6)cc5)cc34)ncnc2c1. The van der Waals surface area contributed by atoms with Crippen molar-refractivity contribution in [3.05, 3.63) is 72.6 Å². The van der Waals surface area contributed by atoms with Gasteiger partial charge in [0.2, 0.25) is 0 Å². The number of methoxy groups -OCH3 is 1. The molecule has 9 heteroatoms. The summed E-state index contributed by atoms with van der Waals surface area (Å²) in [7, 11) is 1.62. The highest BCUT2D eigenvalue weighted by Crippen LogP contribution is 2.40. The van der Waals surface area contributed by atoms with Gasteiger partial charge in [0.1, 0.15) is 24.4 Å². The molecule has 0 spiro atoms. The van der Waals surface area contributed by atoms with Crippen LogP contribution in [-0.2, 0) is 4.74 Å². The number of benzene rings is 3. The van der Waals surface area contributed by atoms with Gasteiger partial charge in [-0.1, -0.05) is 31.4 Å². The average molecular weight is 553 g/mol. The number of hydrogen-bond acceptors (Lipinski definition) is 7. The normalized spacial score (nSPS) is 13.9. The predicted molar refractivity (Wildman–Crippen MR) is 158 cm³/mol. The molecule has 210 valence electrons. The molecule has 1 amide bonds. The summed E-state index contributed by atoms with van der Waals surface area (Å²) in [6, 6.07) is 18.7. The van der Waals surface area contributed by atoms with Crippen LogP contribution in [0.3, 0.4) is 0 Å². The highest BCUT2D eigenvalue weighted by atomic mass is 16.6. The fourth-order valence-corrected chi connectivity index (χ4v) is 5.55. The Kier molecular flexibility index (Phi) is 7.69. The van der Waals surface area contributed by atoms with E-state index >= 15 is 0 Å². The van der Waals surface area contributed by atoms with E-state index < -0.39 is 6.09 Å². The first-order chi connectivity index (χ1) is 20.1. The van der Waals surface area contributed by atoms with Crippen molar-refractivity contribution in [1.82, 2.24) is 15.0 Å². The van der Waals surface area contributed by atoms with Gasteiger partial charge >= 0.3 is 6.09 Å². The van der Waals surface area contributed by atoms with Crippen molar-refractivity contribution in [3.63, 3.8) is 0 Å². The maximum Gasteiger partial charge on any atom is 0.417 e. The van der Waals surface area contributed by atoms with Crippen LogP contribution in [0.2, 0.25) is 0 Å². The Morgan fingerprint density at radius 3 is 2.56 bits per heavy atom. The molecule has 0 bridgehead atoms. The Morgan fingerprint density at radius 1 is 0.951 bits per heavy atom. The van der Waals surface area contributed by atoms with Gasteiger partial charge in [-0.15, -0.1) is 0 Å². The van der Waals surface area contributed by atoms with Gasteiger partial charge in [-0.25, -0.2) is 14.8 Å². The molecule has 41 heavy (non-hydrogen) atoms. The number of hydrogen-bond donors (Lipinski definition) is 3. The van der Waals surface area contributed by atoms with Crippen LogP contribution in [0.15, 0.2) is 67.0 Å². The van der Waals surface area contributed by atoms with Crippen molar-refractivity contribution >= 4 is 33.6 Å². The molecule has 0 saturated heterocycles. The maximum absolute atomic E-state index is 12.7. The number of rotatable bonds is 8. The fourth-order valence-electron chi connectivity index (χ4n) is 5.55. The van der Waals surface area contributed by atoms with Crippen molar-refractivity contribution in [3.8, 4) is 28.6 Å². The number of carbonyl (C=O) groups excluding carboxylic acids is 1. The number of aromatic amines is 1. The first-order valence-corrected chi connectivity index (χ1v) is 13.9. The number of aromatic nitrogens is 3. The van der Waals surface area contributed by atoms with Gasteiger partial charge in [0.15, 0.2) is 5.88 Å². The minimum atomic E-state index is -0.593. The Bertz CT molecular complexity index is 1680. The molecule has 0 radical (unpaired) electrons. The summed E-state index contributed by atoms with van der Waals surface area (Å²) in [5, 5.41) is 15.1. The number of nitrogens with one attached hydrogen (secondary N) is 2. The molecular weight excluding hydrogens is 520 g/mol. The fraction of sp³-hybridized carbons (Fsp3) is 0.281. The lowest BCUT2D eigenvalue weighted by Gasteiger charge is -2.22. The Balaban J connectivity index is 1.22.